The van der Waals surface area contributed by atoms with Crippen molar-refractivity contribution in [1.29, 1.82) is 0 Å². The van der Waals surface area contributed by atoms with Crippen molar-refractivity contribution in [2.45, 2.75) is 51.1 Å². The van der Waals surface area contributed by atoms with E-state index in [0.29, 0.717) is 34.1 Å². The summed E-state index contributed by atoms with van der Waals surface area (Å²) in [6, 6.07) is 19.0. The minimum atomic E-state index is -4.17. The Kier molecular flexibility index (Phi) is 10.8. The van der Waals surface area contributed by atoms with Gasteiger partial charge in [-0.05, 0) is 61.2 Å². The molecule has 3 aromatic rings. The van der Waals surface area contributed by atoms with Crippen LogP contribution in [-0.2, 0) is 26.2 Å². The smallest absolute Gasteiger partial charge is 0.264 e. The maximum atomic E-state index is 14.1. The van der Waals surface area contributed by atoms with Gasteiger partial charge in [0.25, 0.3) is 10.0 Å². The van der Waals surface area contributed by atoms with Gasteiger partial charge in [-0.15, -0.1) is 0 Å². The van der Waals surface area contributed by atoms with Crippen molar-refractivity contribution in [3.63, 3.8) is 0 Å². The molecule has 0 heterocycles. The third-order valence-corrected chi connectivity index (χ3v) is 8.66. The van der Waals surface area contributed by atoms with Gasteiger partial charge in [0.05, 0.1) is 10.6 Å². The zero-order valence-electron chi connectivity index (χ0n) is 22.2. The maximum Gasteiger partial charge on any atom is 0.264 e. The highest BCUT2D eigenvalue weighted by Gasteiger charge is 2.34. The second-order valence-electron chi connectivity index (χ2n) is 9.08. The molecule has 208 valence electrons. The first-order valence-corrected chi connectivity index (χ1v) is 14.9. The number of nitrogens with zero attached hydrogens (tertiary/aromatic N) is 2. The molecule has 3 rings (SSSR count). The molecule has 0 radical (unpaired) electrons. The average molecular weight is 591 g/mol. The van der Waals surface area contributed by atoms with Crippen LogP contribution in [0.4, 0.5) is 5.69 Å². The highest BCUT2D eigenvalue weighted by molar-refractivity contribution is 7.92. The summed E-state index contributed by atoms with van der Waals surface area (Å²) in [6.45, 7) is 5.44. The lowest BCUT2D eigenvalue weighted by Crippen LogP contribution is -2.52. The standard InChI is InChI=1S/C29H33Cl2N3O4S/c1-4-17-32-29(36)26(5-2)33(19-22-11-9-10-14-25(22)31)28(35)20-34(27-18-23(30)16-15-21(27)3)39(37,38)24-12-7-6-8-13-24/h6-16,18,26H,4-5,17,19-20H2,1-3H3,(H,32,36)/t26-/m0/s1. The predicted octanol–water partition coefficient (Wildman–Crippen LogP) is 5.83. The van der Waals surface area contributed by atoms with Crippen molar-refractivity contribution in [2.24, 2.45) is 0 Å². The number of carbonyl (C=O) groups is 2. The highest BCUT2D eigenvalue weighted by atomic mass is 35.5. The van der Waals surface area contributed by atoms with Crippen LogP contribution in [-0.4, -0.2) is 44.3 Å². The van der Waals surface area contributed by atoms with E-state index >= 15 is 0 Å². The van der Waals surface area contributed by atoms with Gasteiger partial charge in [0.15, 0.2) is 0 Å². The molecule has 2 amide bonds. The van der Waals surface area contributed by atoms with Gasteiger partial charge in [-0.1, -0.05) is 79.5 Å². The number of hydrogen-bond acceptors (Lipinski definition) is 4. The molecule has 3 aromatic carbocycles. The summed E-state index contributed by atoms with van der Waals surface area (Å²) in [4.78, 5) is 28.6. The van der Waals surface area contributed by atoms with Crippen LogP contribution >= 0.6 is 23.2 Å². The average Bonchev–Trinajstić information content (AvgIpc) is 2.93. The topological polar surface area (TPSA) is 86.8 Å². The highest BCUT2D eigenvalue weighted by Crippen LogP contribution is 2.30. The molecule has 0 unspecified atom stereocenters. The first-order valence-electron chi connectivity index (χ1n) is 12.7. The molecule has 7 nitrogen and oxygen atoms in total. The zero-order valence-corrected chi connectivity index (χ0v) is 24.6. The van der Waals surface area contributed by atoms with E-state index in [-0.39, 0.29) is 23.0 Å². The van der Waals surface area contributed by atoms with Crippen LogP contribution in [0, 0.1) is 6.92 Å². The molecule has 39 heavy (non-hydrogen) atoms. The van der Waals surface area contributed by atoms with Crippen molar-refractivity contribution in [3.05, 3.63) is 94.0 Å². The number of carbonyl (C=O) groups excluding carboxylic acids is 2. The van der Waals surface area contributed by atoms with Gasteiger partial charge < -0.3 is 10.2 Å². The molecule has 0 fully saturated rings. The Morgan fingerprint density at radius 2 is 1.62 bits per heavy atom. The fourth-order valence-electron chi connectivity index (χ4n) is 4.18. The Balaban J connectivity index is 2.09. The molecular weight excluding hydrogens is 557 g/mol. The third kappa shape index (κ3) is 7.53. The first kappa shape index (κ1) is 30.5. The number of halogens is 2. The van der Waals surface area contributed by atoms with Crippen molar-refractivity contribution < 1.29 is 18.0 Å². The lowest BCUT2D eigenvalue weighted by atomic mass is 10.1. The summed E-state index contributed by atoms with van der Waals surface area (Å²) in [6.07, 6.45) is 1.06. The SMILES string of the molecule is CCCNC(=O)[C@H](CC)N(Cc1ccccc1Cl)C(=O)CN(c1cc(Cl)ccc1C)S(=O)(=O)c1ccccc1. The molecular formula is C29H33Cl2N3O4S. The first-order chi connectivity index (χ1) is 18.6. The van der Waals surface area contributed by atoms with E-state index < -0.39 is 28.5 Å². The molecule has 0 aromatic heterocycles. The normalized spacial score (nSPS) is 12.0. The van der Waals surface area contributed by atoms with Crippen molar-refractivity contribution in [3.8, 4) is 0 Å². The van der Waals surface area contributed by atoms with Gasteiger partial charge in [0.1, 0.15) is 12.6 Å². The molecule has 0 spiro atoms. The molecule has 0 aliphatic rings. The van der Waals surface area contributed by atoms with Crippen LogP contribution in [0.1, 0.15) is 37.8 Å². The van der Waals surface area contributed by atoms with Gasteiger partial charge in [-0.3, -0.25) is 13.9 Å². The van der Waals surface area contributed by atoms with Crippen LogP contribution in [0.2, 0.25) is 10.0 Å². The van der Waals surface area contributed by atoms with E-state index in [1.165, 1.54) is 23.1 Å². The molecule has 1 N–H and O–H groups in total. The van der Waals surface area contributed by atoms with Crippen molar-refractivity contribution in [2.75, 3.05) is 17.4 Å². The van der Waals surface area contributed by atoms with Crippen LogP contribution in [0.5, 0.6) is 0 Å². The van der Waals surface area contributed by atoms with E-state index in [2.05, 4.69) is 5.32 Å². The van der Waals surface area contributed by atoms with Gasteiger partial charge in [-0.2, -0.15) is 0 Å². The van der Waals surface area contributed by atoms with Crippen molar-refractivity contribution in [1.82, 2.24) is 10.2 Å². The van der Waals surface area contributed by atoms with Gasteiger partial charge in [-0.25, -0.2) is 8.42 Å². The predicted molar refractivity (Wildman–Crippen MR) is 157 cm³/mol. The largest absolute Gasteiger partial charge is 0.354 e. The van der Waals surface area contributed by atoms with Crippen LogP contribution in [0.25, 0.3) is 0 Å². The summed E-state index contributed by atoms with van der Waals surface area (Å²) in [7, 11) is -4.17. The molecule has 0 bridgehead atoms. The number of amides is 2. The summed E-state index contributed by atoms with van der Waals surface area (Å²) >= 11 is 12.7. The number of aryl methyl sites for hydroxylation is 1. The van der Waals surface area contributed by atoms with E-state index in [1.807, 2.05) is 13.8 Å². The lowest BCUT2D eigenvalue weighted by Gasteiger charge is -2.33. The fraction of sp³-hybridized carbons (Fsp3) is 0.310. The minimum absolute atomic E-state index is 0.0301. The van der Waals surface area contributed by atoms with E-state index in [4.69, 9.17) is 23.2 Å². The second-order valence-corrected chi connectivity index (χ2v) is 11.8. The summed E-state index contributed by atoms with van der Waals surface area (Å²) in [5.74, 6) is -0.858. The summed E-state index contributed by atoms with van der Waals surface area (Å²) in [5.41, 5.74) is 1.55. The van der Waals surface area contributed by atoms with Gasteiger partial charge >= 0.3 is 0 Å². The summed E-state index contributed by atoms with van der Waals surface area (Å²) < 4.78 is 28.8. The van der Waals surface area contributed by atoms with E-state index in [1.54, 1.807) is 61.5 Å². The van der Waals surface area contributed by atoms with Crippen LogP contribution < -0.4 is 9.62 Å². The second kappa shape index (κ2) is 13.8. The van der Waals surface area contributed by atoms with Crippen molar-refractivity contribution >= 4 is 50.7 Å². The zero-order chi connectivity index (χ0) is 28.6. The number of anilines is 1. The Labute approximate surface area is 240 Å². The lowest BCUT2D eigenvalue weighted by molar-refractivity contribution is -0.140. The molecule has 10 heteroatoms. The maximum absolute atomic E-state index is 14.1. The molecule has 0 aliphatic heterocycles. The Morgan fingerprint density at radius 1 is 0.949 bits per heavy atom. The number of nitrogens with one attached hydrogen (secondary N) is 1. The monoisotopic (exact) mass is 589 g/mol. The molecule has 0 saturated heterocycles. The van der Waals surface area contributed by atoms with E-state index in [9.17, 15) is 18.0 Å². The molecule has 1 atom stereocenters. The van der Waals surface area contributed by atoms with E-state index in [0.717, 1.165) is 10.7 Å². The van der Waals surface area contributed by atoms with Crippen LogP contribution in [0.15, 0.2) is 77.7 Å². The fourth-order valence-corrected chi connectivity index (χ4v) is 6.03. The number of rotatable bonds is 12. The number of benzene rings is 3. The van der Waals surface area contributed by atoms with Crippen LogP contribution in [0.3, 0.4) is 0 Å². The third-order valence-electron chi connectivity index (χ3n) is 6.28. The Hall–Kier alpha value is -3.07. The number of hydrogen-bond donors (Lipinski definition) is 1. The molecule has 0 aliphatic carbocycles. The Morgan fingerprint density at radius 3 is 2.26 bits per heavy atom. The van der Waals surface area contributed by atoms with Gasteiger partial charge in [0.2, 0.25) is 11.8 Å². The molecule has 0 saturated carbocycles. The summed E-state index contributed by atoms with van der Waals surface area (Å²) in [5, 5.41) is 3.63. The quantitative estimate of drug-likeness (QED) is 0.288. The number of sulfonamides is 1. The minimum Gasteiger partial charge on any atom is -0.354 e. The Bertz CT molecular complexity index is 1400. The van der Waals surface area contributed by atoms with Gasteiger partial charge in [0, 0.05) is 23.1 Å².